The summed E-state index contributed by atoms with van der Waals surface area (Å²) in [7, 11) is 0. The van der Waals surface area contributed by atoms with Crippen molar-refractivity contribution in [3.8, 4) is 0 Å². The van der Waals surface area contributed by atoms with Crippen LogP contribution in [0.3, 0.4) is 0 Å². The van der Waals surface area contributed by atoms with Gasteiger partial charge in [-0.15, -0.1) is 0 Å². The van der Waals surface area contributed by atoms with Gasteiger partial charge in [-0.3, -0.25) is 0 Å². The molecule has 0 N–H and O–H groups in total. The Morgan fingerprint density at radius 3 is 1.15 bits per heavy atom. The average molecular weight is 444 g/mol. The third-order valence-electron chi connectivity index (χ3n) is 1.21. The van der Waals surface area contributed by atoms with Crippen LogP contribution < -0.4 is 0 Å². The molecule has 0 radical (unpaired) electrons. The molecule has 0 fully saturated rings. The number of unbranched alkanes of at least 4 members (excludes halogenated alkanes) is 4. The van der Waals surface area contributed by atoms with Crippen molar-refractivity contribution in [3.05, 3.63) is 13.8 Å². The topological polar surface area (TPSA) is 0 Å². The molecule has 0 rings (SSSR count). The predicted molar refractivity (Wildman–Crippen MR) is 77.8 cm³/mol. The fourth-order valence-corrected chi connectivity index (χ4v) is 0.500. The third-order valence-corrected chi connectivity index (χ3v) is 1.21. The van der Waals surface area contributed by atoms with Crippen LogP contribution in [0.4, 0.5) is 0 Å². The van der Waals surface area contributed by atoms with Crippen molar-refractivity contribution in [2.75, 3.05) is 0 Å². The van der Waals surface area contributed by atoms with Crippen LogP contribution in [-0.2, 0) is 11.7 Å². The Kier molecular flexibility index (Phi) is 46.2. The summed E-state index contributed by atoms with van der Waals surface area (Å²) >= 11 is 5.24. The Hall–Kier alpha value is 2.17. The first-order valence-corrected chi connectivity index (χ1v) is 14.9. The van der Waals surface area contributed by atoms with Crippen molar-refractivity contribution in [2.45, 2.75) is 52.4 Å². The normalized spacial score (nSPS) is 7.54. The molecule has 0 bridgehead atoms. The van der Waals surface area contributed by atoms with Crippen molar-refractivity contribution >= 4 is 38.4 Å². The maximum atomic E-state index is 3.68. The van der Waals surface area contributed by atoms with Crippen molar-refractivity contribution < 1.29 is 11.7 Å². The molecule has 0 aromatic carbocycles. The van der Waals surface area contributed by atoms with Gasteiger partial charge in [0, 0.05) is 0 Å². The fraction of sp³-hybridized carbons (Fsp3) is 0.800. The number of rotatable bonds is 4. The van der Waals surface area contributed by atoms with E-state index in [1.165, 1.54) is 25.7 Å². The van der Waals surface area contributed by atoms with Crippen molar-refractivity contribution in [1.29, 1.82) is 0 Å². The molecule has 0 nitrogen and oxygen atoms in total. The average Bonchev–Trinajstić information content (AvgIpc) is 2.09. The molecule has 0 unspecified atom stereocenters. The van der Waals surface area contributed by atoms with Gasteiger partial charge < -0.3 is 13.8 Å². The summed E-state index contributed by atoms with van der Waals surface area (Å²) in [6.45, 7) is 11.7. The summed E-state index contributed by atoms with van der Waals surface area (Å²) in [5, 5.41) is 0. The molecule has 0 aromatic heterocycles. The summed E-state index contributed by atoms with van der Waals surface area (Å²) < 4.78 is 0. The molecule has 0 saturated heterocycles. The summed E-state index contributed by atoms with van der Waals surface area (Å²) in [5.74, 6) is 0. The Morgan fingerprint density at radius 1 is 0.923 bits per heavy atom. The van der Waals surface area contributed by atoms with Crippen LogP contribution in [0.5, 0.6) is 0 Å². The van der Waals surface area contributed by atoms with Crippen LogP contribution in [0.15, 0.2) is 0 Å². The van der Waals surface area contributed by atoms with E-state index in [2.05, 4.69) is 66.1 Å². The van der Waals surface area contributed by atoms with E-state index in [-0.39, 0.29) is 0 Å². The van der Waals surface area contributed by atoms with E-state index < -0.39 is 0 Å². The third kappa shape index (κ3) is 55.1. The van der Waals surface area contributed by atoms with Gasteiger partial charge in [-0.1, -0.05) is 39.5 Å². The van der Waals surface area contributed by atoms with Crippen LogP contribution in [0.1, 0.15) is 52.4 Å². The van der Waals surface area contributed by atoms with Gasteiger partial charge in [0.25, 0.3) is 0 Å². The summed E-state index contributed by atoms with van der Waals surface area (Å²) in [4.78, 5) is 0. The number of halogens is 2. The van der Waals surface area contributed by atoms with E-state index in [0.29, 0.717) is 11.7 Å². The van der Waals surface area contributed by atoms with Gasteiger partial charge in [-0.25, -0.2) is 0 Å². The van der Waals surface area contributed by atoms with E-state index in [1.54, 1.807) is 0 Å². The molecule has 0 aliphatic rings. The van der Waals surface area contributed by atoms with Crippen molar-refractivity contribution in [1.82, 2.24) is 0 Å². The summed E-state index contributed by atoms with van der Waals surface area (Å²) in [6.07, 6.45) is 7.31. The van der Waals surface area contributed by atoms with Crippen LogP contribution >= 0.6 is 38.4 Å². The molecule has 0 aliphatic carbocycles. The molecular formula is C10H22I2Ti-2. The van der Waals surface area contributed by atoms with Gasteiger partial charge >= 0.3 is 50.0 Å². The van der Waals surface area contributed by atoms with E-state index in [9.17, 15) is 0 Å². The zero-order valence-electron chi connectivity index (χ0n) is 8.91. The van der Waals surface area contributed by atoms with Crippen LogP contribution in [0.2, 0.25) is 0 Å². The molecule has 0 aromatic rings. The first-order chi connectivity index (χ1) is 6.24. The van der Waals surface area contributed by atoms with Gasteiger partial charge in [0.1, 0.15) is 0 Å². The molecule has 3 heteroatoms. The second-order valence-corrected chi connectivity index (χ2v) is 15.7. The zero-order chi connectivity index (χ0) is 10.9. The molecule has 0 heterocycles. The standard InChI is InChI=1S/2C5H11.2HI.Ti/c2*1-3-5-4-2;;;/h2*1,3-5H2,2H3;2*1H;/q2*-1;;;+2/p-2. The minimum atomic E-state index is 0.440. The molecule has 0 amide bonds. The summed E-state index contributed by atoms with van der Waals surface area (Å²) in [5.41, 5.74) is 0. The Bertz CT molecular complexity index is 42.2. The molecular weight excluding hydrogens is 422 g/mol. The SMILES string of the molecule is [CH2-]CCCC.[CH2-]CCCC.[I][Ti][I]. The Labute approximate surface area is 115 Å². The second kappa shape index (κ2) is 29.2. The minimum absolute atomic E-state index is 0.440. The van der Waals surface area contributed by atoms with Gasteiger partial charge in [-0.2, -0.15) is 12.8 Å². The molecule has 82 valence electrons. The zero-order valence-corrected chi connectivity index (χ0v) is 14.8. The number of hydrogen-bond acceptors (Lipinski definition) is 0. The van der Waals surface area contributed by atoms with E-state index in [4.69, 9.17) is 0 Å². The monoisotopic (exact) mass is 444 g/mol. The van der Waals surface area contributed by atoms with Crippen LogP contribution in [0.25, 0.3) is 0 Å². The van der Waals surface area contributed by atoms with Crippen LogP contribution in [0, 0.1) is 13.8 Å². The van der Waals surface area contributed by atoms with Gasteiger partial charge in [0.2, 0.25) is 0 Å². The molecule has 0 aliphatic heterocycles. The quantitative estimate of drug-likeness (QED) is 0.293. The molecule has 0 atom stereocenters. The van der Waals surface area contributed by atoms with Crippen molar-refractivity contribution in [2.24, 2.45) is 0 Å². The van der Waals surface area contributed by atoms with E-state index in [1.807, 2.05) is 0 Å². The summed E-state index contributed by atoms with van der Waals surface area (Å²) in [6, 6.07) is 0. The molecule has 13 heavy (non-hydrogen) atoms. The predicted octanol–water partition coefficient (Wildman–Crippen LogP) is 5.79. The van der Waals surface area contributed by atoms with Gasteiger partial charge in [-0.05, 0) is 0 Å². The van der Waals surface area contributed by atoms with E-state index in [0.717, 1.165) is 12.8 Å². The first kappa shape index (κ1) is 20.6. The second-order valence-electron chi connectivity index (χ2n) is 2.49. The van der Waals surface area contributed by atoms with Crippen LogP contribution in [-0.4, -0.2) is 0 Å². The molecule has 0 spiro atoms. The molecule has 0 saturated carbocycles. The van der Waals surface area contributed by atoms with Crippen molar-refractivity contribution in [3.63, 3.8) is 0 Å². The Morgan fingerprint density at radius 2 is 1.15 bits per heavy atom. The first-order valence-electron chi connectivity index (χ1n) is 4.79. The Balaban J connectivity index is -0.000000120. The van der Waals surface area contributed by atoms with Gasteiger partial charge in [0.05, 0.1) is 0 Å². The number of hydrogen-bond donors (Lipinski definition) is 0. The maximum absolute atomic E-state index is 3.68. The van der Waals surface area contributed by atoms with Gasteiger partial charge in [0.15, 0.2) is 0 Å². The fourth-order valence-electron chi connectivity index (χ4n) is 0.500. The van der Waals surface area contributed by atoms with E-state index >= 15 is 0 Å².